The first kappa shape index (κ1) is 14.3. The lowest BCUT2D eigenvalue weighted by Crippen LogP contribution is -2.11. The highest BCUT2D eigenvalue weighted by Crippen LogP contribution is 2.17. The number of allylic oxidation sites excluding steroid dienone is 1. The van der Waals surface area contributed by atoms with Gasteiger partial charge in [0.1, 0.15) is 6.07 Å². The number of hydrogen-bond acceptors (Lipinski definition) is 4. The van der Waals surface area contributed by atoms with Crippen molar-refractivity contribution in [3.63, 3.8) is 0 Å². The molecule has 0 bridgehead atoms. The summed E-state index contributed by atoms with van der Waals surface area (Å²) >= 11 is 3.33. The predicted molar refractivity (Wildman–Crippen MR) is 72.7 cm³/mol. The van der Waals surface area contributed by atoms with Gasteiger partial charge in [-0.05, 0) is 38.1 Å². The van der Waals surface area contributed by atoms with Crippen LogP contribution in [0.25, 0.3) is 0 Å². The molecular formula is C13H13BrN2O2. The Morgan fingerprint density at radius 1 is 1.44 bits per heavy atom. The Balaban J connectivity index is 2.90. The summed E-state index contributed by atoms with van der Waals surface area (Å²) in [6.07, 6.45) is 0. The Bertz CT molecular complexity index is 501. The van der Waals surface area contributed by atoms with E-state index in [1.807, 2.05) is 30.3 Å². The average Bonchev–Trinajstić information content (AvgIpc) is 2.33. The van der Waals surface area contributed by atoms with E-state index in [4.69, 9.17) is 10.00 Å². The number of nitrogens with zero attached hydrogens (tertiary/aromatic N) is 1. The Hall–Kier alpha value is -1.80. The monoisotopic (exact) mass is 308 g/mol. The average molecular weight is 309 g/mol. The predicted octanol–water partition coefficient (Wildman–Crippen LogP) is 3.22. The second kappa shape index (κ2) is 6.82. The highest BCUT2D eigenvalue weighted by molar-refractivity contribution is 9.10. The number of hydrogen-bond donors (Lipinski definition) is 1. The van der Waals surface area contributed by atoms with Crippen LogP contribution in [-0.4, -0.2) is 12.6 Å². The number of nitrogens with one attached hydrogen (secondary N) is 1. The molecule has 0 fully saturated rings. The molecule has 0 atom stereocenters. The van der Waals surface area contributed by atoms with Crippen LogP contribution in [0.5, 0.6) is 0 Å². The third-order valence-corrected chi connectivity index (χ3v) is 2.67. The minimum Gasteiger partial charge on any atom is -0.462 e. The van der Waals surface area contributed by atoms with E-state index in [-0.39, 0.29) is 12.2 Å². The molecule has 0 amide bonds. The molecule has 0 spiro atoms. The van der Waals surface area contributed by atoms with Crippen molar-refractivity contribution in [3.8, 4) is 6.07 Å². The highest BCUT2D eigenvalue weighted by Gasteiger charge is 2.13. The molecule has 0 saturated carbocycles. The van der Waals surface area contributed by atoms with Crippen molar-refractivity contribution in [1.29, 1.82) is 5.26 Å². The number of anilines is 1. The lowest BCUT2D eigenvalue weighted by Gasteiger charge is -2.08. The van der Waals surface area contributed by atoms with Gasteiger partial charge in [-0.1, -0.05) is 15.9 Å². The fourth-order valence-electron chi connectivity index (χ4n) is 1.30. The van der Waals surface area contributed by atoms with Gasteiger partial charge in [0.05, 0.1) is 6.61 Å². The minimum absolute atomic E-state index is 0.0141. The van der Waals surface area contributed by atoms with Crippen LogP contribution < -0.4 is 5.32 Å². The molecule has 5 heteroatoms. The van der Waals surface area contributed by atoms with Crippen LogP contribution in [0.3, 0.4) is 0 Å². The molecule has 1 N–H and O–H groups in total. The summed E-state index contributed by atoms with van der Waals surface area (Å²) in [5.74, 6) is -0.609. The number of carbonyl (C=O) groups excluding carboxylic acids is 1. The maximum Gasteiger partial charge on any atom is 0.350 e. The van der Waals surface area contributed by atoms with E-state index >= 15 is 0 Å². The van der Waals surface area contributed by atoms with Crippen LogP contribution in [0.1, 0.15) is 13.8 Å². The van der Waals surface area contributed by atoms with E-state index < -0.39 is 5.97 Å². The second-order valence-electron chi connectivity index (χ2n) is 3.46. The Morgan fingerprint density at radius 2 is 2.06 bits per heavy atom. The van der Waals surface area contributed by atoms with Gasteiger partial charge >= 0.3 is 5.97 Å². The van der Waals surface area contributed by atoms with E-state index in [1.165, 1.54) is 0 Å². The molecule has 94 valence electrons. The first-order valence-electron chi connectivity index (χ1n) is 5.39. The first-order valence-corrected chi connectivity index (χ1v) is 6.18. The van der Waals surface area contributed by atoms with Crippen molar-refractivity contribution in [3.05, 3.63) is 40.0 Å². The van der Waals surface area contributed by atoms with Crippen molar-refractivity contribution >= 4 is 27.6 Å². The SMILES string of the molecule is CCOC(=O)C(C#N)=C(C)Nc1ccc(Br)cc1. The summed E-state index contributed by atoms with van der Waals surface area (Å²) in [5, 5.41) is 12.0. The summed E-state index contributed by atoms with van der Waals surface area (Å²) in [6, 6.07) is 9.27. The molecule has 1 rings (SSSR count). The van der Waals surface area contributed by atoms with Gasteiger partial charge in [0, 0.05) is 15.9 Å². The van der Waals surface area contributed by atoms with Crippen molar-refractivity contribution in [2.45, 2.75) is 13.8 Å². The van der Waals surface area contributed by atoms with Crippen LogP contribution in [-0.2, 0) is 9.53 Å². The molecular weight excluding hydrogens is 296 g/mol. The van der Waals surface area contributed by atoms with Gasteiger partial charge in [0.25, 0.3) is 0 Å². The number of halogens is 1. The van der Waals surface area contributed by atoms with Gasteiger partial charge in [-0.15, -0.1) is 0 Å². The zero-order valence-electron chi connectivity index (χ0n) is 10.2. The van der Waals surface area contributed by atoms with E-state index in [0.29, 0.717) is 5.70 Å². The largest absolute Gasteiger partial charge is 0.462 e. The molecule has 0 saturated heterocycles. The molecule has 0 unspecified atom stereocenters. The lowest BCUT2D eigenvalue weighted by molar-refractivity contribution is -0.138. The molecule has 1 aromatic rings. The van der Waals surface area contributed by atoms with Gasteiger partial charge in [0.2, 0.25) is 0 Å². The van der Waals surface area contributed by atoms with Gasteiger partial charge in [-0.3, -0.25) is 0 Å². The lowest BCUT2D eigenvalue weighted by atomic mass is 10.2. The Morgan fingerprint density at radius 3 is 2.56 bits per heavy atom. The molecule has 0 aromatic heterocycles. The molecule has 0 aliphatic rings. The molecule has 0 aliphatic carbocycles. The fraction of sp³-hybridized carbons (Fsp3) is 0.231. The first-order chi connectivity index (χ1) is 8.58. The van der Waals surface area contributed by atoms with Crippen LogP contribution in [0, 0.1) is 11.3 Å². The van der Waals surface area contributed by atoms with Crippen LogP contribution in [0.4, 0.5) is 5.69 Å². The van der Waals surface area contributed by atoms with E-state index in [1.54, 1.807) is 13.8 Å². The molecule has 0 radical (unpaired) electrons. The summed E-state index contributed by atoms with van der Waals surface area (Å²) in [6.45, 7) is 3.61. The number of carbonyl (C=O) groups is 1. The highest BCUT2D eigenvalue weighted by atomic mass is 79.9. The van der Waals surface area contributed by atoms with Crippen LogP contribution >= 0.6 is 15.9 Å². The van der Waals surface area contributed by atoms with Crippen molar-refractivity contribution in [2.24, 2.45) is 0 Å². The normalized spacial score (nSPS) is 11.2. The van der Waals surface area contributed by atoms with E-state index in [9.17, 15) is 4.79 Å². The van der Waals surface area contributed by atoms with Gasteiger partial charge in [-0.2, -0.15) is 5.26 Å². The third kappa shape index (κ3) is 3.90. The minimum atomic E-state index is -0.609. The van der Waals surface area contributed by atoms with Crippen molar-refractivity contribution in [2.75, 3.05) is 11.9 Å². The summed E-state index contributed by atoms with van der Waals surface area (Å²) in [4.78, 5) is 11.5. The number of esters is 1. The van der Waals surface area contributed by atoms with Gasteiger partial charge < -0.3 is 10.1 Å². The second-order valence-corrected chi connectivity index (χ2v) is 4.38. The fourth-order valence-corrected chi connectivity index (χ4v) is 1.56. The molecule has 1 aromatic carbocycles. The van der Waals surface area contributed by atoms with Gasteiger partial charge in [-0.25, -0.2) is 4.79 Å². The molecule has 4 nitrogen and oxygen atoms in total. The standard InChI is InChI=1S/C13H13BrN2O2/c1-3-18-13(17)12(8-15)9(2)16-11-6-4-10(14)5-7-11/h4-7,16H,3H2,1-2H3. The topological polar surface area (TPSA) is 62.1 Å². The zero-order chi connectivity index (χ0) is 13.5. The number of benzene rings is 1. The smallest absolute Gasteiger partial charge is 0.350 e. The number of ether oxygens (including phenoxy) is 1. The van der Waals surface area contributed by atoms with E-state index in [2.05, 4.69) is 21.2 Å². The van der Waals surface area contributed by atoms with Crippen molar-refractivity contribution < 1.29 is 9.53 Å². The molecule has 0 heterocycles. The summed E-state index contributed by atoms with van der Waals surface area (Å²) in [7, 11) is 0. The van der Waals surface area contributed by atoms with Crippen LogP contribution in [0.2, 0.25) is 0 Å². The quantitative estimate of drug-likeness (QED) is 0.527. The maximum atomic E-state index is 11.5. The van der Waals surface area contributed by atoms with Gasteiger partial charge in [0.15, 0.2) is 5.57 Å². The summed E-state index contributed by atoms with van der Waals surface area (Å²) < 4.78 is 5.76. The number of rotatable bonds is 4. The number of nitriles is 1. The Kier molecular flexibility index (Phi) is 5.40. The molecule has 18 heavy (non-hydrogen) atoms. The maximum absolute atomic E-state index is 11.5. The van der Waals surface area contributed by atoms with Crippen molar-refractivity contribution in [1.82, 2.24) is 0 Å². The molecule has 0 aliphatic heterocycles. The van der Waals surface area contributed by atoms with Crippen LogP contribution in [0.15, 0.2) is 40.0 Å². The van der Waals surface area contributed by atoms with E-state index in [0.717, 1.165) is 10.2 Å². The zero-order valence-corrected chi connectivity index (χ0v) is 11.7. The summed E-state index contributed by atoms with van der Waals surface area (Å²) in [5.41, 5.74) is 1.26. The Labute approximate surface area is 114 Å². The third-order valence-electron chi connectivity index (χ3n) is 2.14.